The molecule has 4 rings (SSSR count). The second kappa shape index (κ2) is 10.2. The lowest BCUT2D eigenvalue weighted by molar-refractivity contribution is 0.0783. The number of carbonyl (C=O) groups is 1. The molecule has 3 aromatic rings. The predicted molar refractivity (Wildman–Crippen MR) is 126 cm³/mol. The highest BCUT2D eigenvalue weighted by Crippen LogP contribution is 2.41. The normalized spacial score (nSPS) is 15.4. The summed E-state index contributed by atoms with van der Waals surface area (Å²) in [5, 5.41) is 21.9. The Hall–Kier alpha value is -3.75. The first kappa shape index (κ1) is 24.4. The van der Waals surface area contributed by atoms with Crippen LogP contribution < -0.4 is 4.74 Å². The molecule has 0 spiro atoms. The summed E-state index contributed by atoms with van der Waals surface area (Å²) in [5.74, 6) is -2.94. The highest BCUT2D eigenvalue weighted by molar-refractivity contribution is 6.01. The van der Waals surface area contributed by atoms with E-state index in [2.05, 4.69) is 9.97 Å². The monoisotopic (exact) mass is 483 g/mol. The number of carbonyl (C=O) groups excluding carboxylic acids is 1. The molecule has 1 fully saturated rings. The van der Waals surface area contributed by atoms with Gasteiger partial charge in [-0.15, -0.1) is 0 Å². The maximum Gasteiger partial charge on any atom is 0.263 e. The predicted octanol–water partition coefficient (Wildman–Crippen LogP) is 4.81. The molecule has 184 valence electrons. The molecule has 2 aromatic heterocycles. The minimum atomic E-state index is -0.772. The van der Waals surface area contributed by atoms with Crippen molar-refractivity contribution in [1.82, 2.24) is 14.9 Å². The van der Waals surface area contributed by atoms with Gasteiger partial charge in [-0.05, 0) is 37.0 Å². The molecule has 0 radical (unpaired) electrons. The molecule has 3 heterocycles. The van der Waals surface area contributed by atoms with Crippen molar-refractivity contribution < 1.29 is 28.5 Å². The van der Waals surface area contributed by atoms with Gasteiger partial charge in [-0.2, -0.15) is 0 Å². The number of hydrogen-bond acceptors (Lipinski definition) is 6. The largest absolute Gasteiger partial charge is 0.506 e. The standard InChI is InChI=1S/C26H27F2N3O4/c1-3-4-8-20-21(15-6-5-7-18(11-15)35-2)24(32)22(25(33)30-20)26(34)31-10-9-16(14-31)23-19(28)12-17(27)13-29-23/h5-7,11-13,16H,3-4,8-10,14H2,1-2H3,(H2,30,32,33). The fraction of sp³-hybridized carbons (Fsp3) is 0.346. The molecule has 1 aliphatic heterocycles. The molecule has 0 aliphatic carbocycles. The van der Waals surface area contributed by atoms with E-state index in [4.69, 9.17) is 4.74 Å². The molecule has 1 unspecified atom stereocenters. The Morgan fingerprint density at radius 1 is 1.26 bits per heavy atom. The van der Waals surface area contributed by atoms with E-state index in [1.807, 2.05) is 6.92 Å². The number of benzene rings is 1. The molecule has 2 N–H and O–H groups in total. The molecule has 9 heteroatoms. The molecule has 7 nitrogen and oxygen atoms in total. The summed E-state index contributed by atoms with van der Waals surface area (Å²) in [6.45, 7) is 2.39. The summed E-state index contributed by atoms with van der Waals surface area (Å²) < 4.78 is 32.8. The maximum absolute atomic E-state index is 14.2. The third-order valence-corrected chi connectivity index (χ3v) is 6.26. The van der Waals surface area contributed by atoms with Crippen LogP contribution in [0, 0.1) is 11.6 Å². The van der Waals surface area contributed by atoms with Crippen LogP contribution in [0.1, 0.15) is 53.8 Å². The van der Waals surface area contributed by atoms with Crippen LogP contribution in [0.25, 0.3) is 11.1 Å². The fourth-order valence-electron chi connectivity index (χ4n) is 4.46. The van der Waals surface area contributed by atoms with Gasteiger partial charge in [-0.3, -0.25) is 9.78 Å². The average Bonchev–Trinajstić information content (AvgIpc) is 3.32. The topological polar surface area (TPSA) is 95.8 Å². The second-order valence-corrected chi connectivity index (χ2v) is 8.57. The molecule has 1 atom stereocenters. The van der Waals surface area contributed by atoms with Crippen molar-refractivity contribution in [3.05, 3.63) is 65.1 Å². The van der Waals surface area contributed by atoms with Crippen LogP contribution in [-0.4, -0.2) is 51.2 Å². The van der Waals surface area contributed by atoms with E-state index >= 15 is 0 Å². The number of unbranched alkanes of at least 4 members (excludes halogenated alkanes) is 1. The molecule has 1 aromatic carbocycles. The summed E-state index contributed by atoms with van der Waals surface area (Å²) in [6.07, 6.45) is 3.51. The number of aryl methyl sites for hydroxylation is 1. The Morgan fingerprint density at radius 2 is 2.06 bits per heavy atom. The van der Waals surface area contributed by atoms with Gasteiger partial charge >= 0.3 is 0 Å². The van der Waals surface area contributed by atoms with Crippen molar-refractivity contribution in [2.75, 3.05) is 20.2 Å². The Bertz CT molecular complexity index is 1250. The van der Waals surface area contributed by atoms with Gasteiger partial charge in [0, 0.05) is 30.6 Å². The van der Waals surface area contributed by atoms with Crippen molar-refractivity contribution in [3.8, 4) is 28.5 Å². The summed E-state index contributed by atoms with van der Waals surface area (Å²) in [7, 11) is 1.53. The van der Waals surface area contributed by atoms with E-state index in [1.54, 1.807) is 24.3 Å². The zero-order chi connectivity index (χ0) is 25.1. The number of amides is 1. The van der Waals surface area contributed by atoms with E-state index in [-0.39, 0.29) is 30.1 Å². The SMILES string of the molecule is CCCCc1nc(O)c(C(=O)N2CCC(c3ncc(F)cc3F)C2)c(O)c1-c1cccc(OC)c1. The van der Waals surface area contributed by atoms with Crippen molar-refractivity contribution >= 4 is 5.91 Å². The van der Waals surface area contributed by atoms with E-state index in [9.17, 15) is 23.8 Å². The van der Waals surface area contributed by atoms with Crippen LogP contribution in [0.2, 0.25) is 0 Å². The van der Waals surface area contributed by atoms with Gasteiger partial charge in [0.15, 0.2) is 0 Å². The van der Waals surface area contributed by atoms with Crippen LogP contribution in [0.15, 0.2) is 36.5 Å². The van der Waals surface area contributed by atoms with E-state index in [1.165, 1.54) is 12.0 Å². The summed E-state index contributed by atoms with van der Waals surface area (Å²) in [6, 6.07) is 7.80. The number of aromatic hydroxyl groups is 2. The fourth-order valence-corrected chi connectivity index (χ4v) is 4.46. The zero-order valence-electron chi connectivity index (χ0n) is 19.6. The quantitative estimate of drug-likeness (QED) is 0.501. The second-order valence-electron chi connectivity index (χ2n) is 8.57. The number of ether oxygens (including phenoxy) is 1. The van der Waals surface area contributed by atoms with Crippen molar-refractivity contribution in [2.45, 2.75) is 38.5 Å². The first-order valence-electron chi connectivity index (χ1n) is 11.5. The number of nitrogens with zero attached hydrogens (tertiary/aromatic N) is 3. The smallest absolute Gasteiger partial charge is 0.263 e. The van der Waals surface area contributed by atoms with Gasteiger partial charge < -0.3 is 19.8 Å². The lowest BCUT2D eigenvalue weighted by Gasteiger charge is -2.20. The number of methoxy groups -OCH3 is 1. The molecular weight excluding hydrogens is 456 g/mol. The molecule has 1 saturated heterocycles. The summed E-state index contributed by atoms with van der Waals surface area (Å²) in [5.41, 5.74) is 1.21. The van der Waals surface area contributed by atoms with Crippen molar-refractivity contribution in [2.24, 2.45) is 0 Å². The number of likely N-dealkylation sites (tertiary alicyclic amines) is 1. The zero-order valence-corrected chi connectivity index (χ0v) is 19.6. The third kappa shape index (κ3) is 4.89. The number of pyridine rings is 2. The number of halogens is 2. The van der Waals surface area contributed by atoms with E-state index in [0.717, 1.165) is 25.1 Å². The highest BCUT2D eigenvalue weighted by atomic mass is 19.1. The van der Waals surface area contributed by atoms with Gasteiger partial charge in [-0.25, -0.2) is 13.8 Å². The molecule has 1 aliphatic rings. The van der Waals surface area contributed by atoms with Crippen LogP contribution in [0.3, 0.4) is 0 Å². The summed E-state index contributed by atoms with van der Waals surface area (Å²) in [4.78, 5) is 23.0. The number of hydrogen-bond donors (Lipinski definition) is 2. The number of aromatic nitrogens is 2. The molecule has 1 amide bonds. The van der Waals surface area contributed by atoms with Crippen LogP contribution >= 0.6 is 0 Å². The minimum absolute atomic E-state index is 0.0836. The van der Waals surface area contributed by atoms with E-state index in [0.29, 0.717) is 35.4 Å². The Morgan fingerprint density at radius 3 is 2.77 bits per heavy atom. The van der Waals surface area contributed by atoms with Crippen LogP contribution in [0.5, 0.6) is 17.4 Å². The first-order chi connectivity index (χ1) is 16.8. The minimum Gasteiger partial charge on any atom is -0.506 e. The number of rotatable bonds is 7. The van der Waals surface area contributed by atoms with Crippen molar-refractivity contribution in [3.63, 3.8) is 0 Å². The highest BCUT2D eigenvalue weighted by Gasteiger charge is 2.34. The molecular formula is C26H27F2N3O4. The molecule has 0 bridgehead atoms. The Labute approximate surface area is 202 Å². The third-order valence-electron chi connectivity index (χ3n) is 6.26. The van der Waals surface area contributed by atoms with Gasteiger partial charge in [-0.1, -0.05) is 25.5 Å². The molecule has 35 heavy (non-hydrogen) atoms. The lowest BCUT2D eigenvalue weighted by Crippen LogP contribution is -2.29. The van der Waals surface area contributed by atoms with Crippen LogP contribution in [0.4, 0.5) is 8.78 Å². The van der Waals surface area contributed by atoms with Crippen LogP contribution in [-0.2, 0) is 6.42 Å². The lowest BCUT2D eigenvalue weighted by atomic mass is 9.96. The van der Waals surface area contributed by atoms with Gasteiger partial charge in [0.05, 0.1) is 24.7 Å². The Kier molecular flexibility index (Phi) is 7.14. The van der Waals surface area contributed by atoms with Gasteiger partial charge in [0.2, 0.25) is 5.88 Å². The maximum atomic E-state index is 14.2. The van der Waals surface area contributed by atoms with Gasteiger partial charge in [0.25, 0.3) is 5.91 Å². The van der Waals surface area contributed by atoms with Gasteiger partial charge in [0.1, 0.15) is 28.7 Å². The van der Waals surface area contributed by atoms with Crippen molar-refractivity contribution in [1.29, 1.82) is 0 Å². The first-order valence-corrected chi connectivity index (χ1v) is 11.5. The van der Waals surface area contributed by atoms with E-state index < -0.39 is 29.3 Å². The Balaban J connectivity index is 1.70. The summed E-state index contributed by atoms with van der Waals surface area (Å²) >= 11 is 0. The average molecular weight is 484 g/mol. The molecule has 0 saturated carbocycles.